The van der Waals surface area contributed by atoms with Crippen LogP contribution in [0.4, 0.5) is 4.39 Å². The Morgan fingerprint density at radius 3 is 2.75 bits per heavy atom. The van der Waals surface area contributed by atoms with Gasteiger partial charge in [-0.05, 0) is 30.5 Å². The number of amides is 1. The number of piperidine rings is 1. The molecule has 0 radical (unpaired) electrons. The molecular formula is C19H28FN3O4S. The monoisotopic (exact) mass is 413 g/mol. The van der Waals surface area contributed by atoms with Crippen molar-refractivity contribution in [1.29, 1.82) is 0 Å². The molecule has 2 aliphatic rings. The fraction of sp³-hybridized carbons (Fsp3) is 0.632. The molecule has 9 heteroatoms. The van der Waals surface area contributed by atoms with E-state index in [0.29, 0.717) is 52.2 Å². The Morgan fingerprint density at radius 2 is 2.07 bits per heavy atom. The molecule has 1 aromatic rings. The van der Waals surface area contributed by atoms with Gasteiger partial charge < -0.3 is 10.1 Å². The lowest BCUT2D eigenvalue weighted by molar-refractivity contribution is -0.126. The summed E-state index contributed by atoms with van der Waals surface area (Å²) in [5.74, 6) is -0.817. The first kappa shape index (κ1) is 21.2. The second-order valence-corrected chi connectivity index (χ2v) is 9.41. The van der Waals surface area contributed by atoms with Crippen molar-refractivity contribution >= 4 is 15.9 Å². The van der Waals surface area contributed by atoms with E-state index in [-0.39, 0.29) is 30.2 Å². The molecule has 0 saturated carbocycles. The zero-order chi connectivity index (χ0) is 20.1. The number of hydrogen-bond acceptors (Lipinski definition) is 5. The first-order valence-electron chi connectivity index (χ1n) is 9.64. The summed E-state index contributed by atoms with van der Waals surface area (Å²) in [7, 11) is -3.30. The van der Waals surface area contributed by atoms with Crippen LogP contribution in [0.1, 0.15) is 24.4 Å². The number of nitrogens with zero attached hydrogens (tertiary/aromatic N) is 2. The minimum absolute atomic E-state index is 0.150. The third-order valence-electron chi connectivity index (χ3n) is 5.41. The summed E-state index contributed by atoms with van der Waals surface area (Å²) < 4.78 is 44.1. The summed E-state index contributed by atoms with van der Waals surface area (Å²) in [6.45, 7) is 3.65. The predicted molar refractivity (Wildman–Crippen MR) is 104 cm³/mol. The topological polar surface area (TPSA) is 79.0 Å². The van der Waals surface area contributed by atoms with Crippen molar-refractivity contribution in [3.05, 3.63) is 35.6 Å². The van der Waals surface area contributed by atoms with Crippen molar-refractivity contribution in [2.45, 2.75) is 18.9 Å². The van der Waals surface area contributed by atoms with Crippen LogP contribution in [-0.4, -0.2) is 75.7 Å². The molecule has 2 unspecified atom stereocenters. The van der Waals surface area contributed by atoms with E-state index in [1.165, 1.54) is 22.7 Å². The lowest BCUT2D eigenvalue weighted by Gasteiger charge is -2.35. The molecule has 2 aliphatic heterocycles. The first-order valence-corrected chi connectivity index (χ1v) is 11.5. The summed E-state index contributed by atoms with van der Waals surface area (Å²) in [6.07, 6.45) is 2.51. The van der Waals surface area contributed by atoms with Crippen LogP contribution in [0.2, 0.25) is 0 Å². The molecular weight excluding hydrogens is 385 g/mol. The van der Waals surface area contributed by atoms with Gasteiger partial charge in [-0.3, -0.25) is 9.69 Å². The van der Waals surface area contributed by atoms with Crippen molar-refractivity contribution in [3.8, 4) is 0 Å². The molecule has 2 heterocycles. The van der Waals surface area contributed by atoms with E-state index < -0.39 is 10.0 Å². The number of morpholine rings is 1. The highest BCUT2D eigenvalue weighted by Crippen LogP contribution is 2.23. The van der Waals surface area contributed by atoms with Gasteiger partial charge in [-0.1, -0.05) is 12.1 Å². The van der Waals surface area contributed by atoms with E-state index in [9.17, 15) is 17.6 Å². The van der Waals surface area contributed by atoms with Gasteiger partial charge in [0.1, 0.15) is 5.82 Å². The van der Waals surface area contributed by atoms with Gasteiger partial charge >= 0.3 is 0 Å². The number of nitrogens with one attached hydrogen (secondary N) is 1. The first-order chi connectivity index (χ1) is 13.3. The molecule has 2 saturated heterocycles. The molecule has 7 nitrogen and oxygen atoms in total. The van der Waals surface area contributed by atoms with Crippen LogP contribution in [-0.2, 0) is 19.6 Å². The number of hydrogen-bond donors (Lipinski definition) is 1. The molecule has 2 atom stereocenters. The smallest absolute Gasteiger partial charge is 0.224 e. The highest BCUT2D eigenvalue weighted by molar-refractivity contribution is 7.88. The van der Waals surface area contributed by atoms with E-state index in [0.717, 1.165) is 5.56 Å². The largest absolute Gasteiger partial charge is 0.379 e. The number of carbonyl (C=O) groups is 1. The average molecular weight is 414 g/mol. The molecule has 28 heavy (non-hydrogen) atoms. The highest BCUT2D eigenvalue weighted by Gasteiger charge is 2.31. The summed E-state index contributed by atoms with van der Waals surface area (Å²) >= 11 is 0. The van der Waals surface area contributed by atoms with Gasteiger partial charge in [0.25, 0.3) is 0 Å². The van der Waals surface area contributed by atoms with Crippen LogP contribution < -0.4 is 5.32 Å². The zero-order valence-corrected chi connectivity index (χ0v) is 17.0. The summed E-state index contributed by atoms with van der Waals surface area (Å²) in [6, 6.07) is 6.28. The minimum atomic E-state index is -3.30. The molecule has 1 N–H and O–H groups in total. The molecule has 1 amide bonds. The molecule has 156 valence electrons. The van der Waals surface area contributed by atoms with Gasteiger partial charge in [0.2, 0.25) is 15.9 Å². The Hall–Kier alpha value is -1.55. The summed E-state index contributed by atoms with van der Waals surface area (Å²) in [5.41, 5.74) is 0.809. The Balaban J connectivity index is 1.66. The van der Waals surface area contributed by atoms with Gasteiger partial charge in [-0.25, -0.2) is 17.1 Å². The molecule has 0 aliphatic carbocycles. The summed E-state index contributed by atoms with van der Waals surface area (Å²) in [5, 5.41) is 2.97. The normalized spacial score (nSPS) is 23.3. The van der Waals surface area contributed by atoms with Crippen LogP contribution >= 0.6 is 0 Å². The maximum atomic E-state index is 13.7. The quantitative estimate of drug-likeness (QED) is 0.752. The maximum Gasteiger partial charge on any atom is 0.224 e. The molecule has 2 fully saturated rings. The molecule has 3 rings (SSSR count). The molecule has 0 spiro atoms. The van der Waals surface area contributed by atoms with Crippen molar-refractivity contribution in [1.82, 2.24) is 14.5 Å². The van der Waals surface area contributed by atoms with Crippen LogP contribution in [0.5, 0.6) is 0 Å². The second kappa shape index (κ2) is 9.30. The standard InChI is InChI=1S/C19H28FN3O4S/c1-28(25,26)23-7-3-5-16(14-23)19(24)21-13-18(22-8-10-27-11-9-22)15-4-2-6-17(20)12-15/h2,4,6,12,16,18H,3,5,7-11,13-14H2,1H3,(H,21,24). The van der Waals surface area contributed by atoms with Gasteiger partial charge in [0.05, 0.1) is 31.4 Å². The van der Waals surface area contributed by atoms with E-state index in [2.05, 4.69) is 10.2 Å². The Kier molecular flexibility index (Phi) is 7.03. The highest BCUT2D eigenvalue weighted by atomic mass is 32.2. The zero-order valence-electron chi connectivity index (χ0n) is 16.1. The summed E-state index contributed by atoms with van der Waals surface area (Å²) in [4.78, 5) is 14.9. The van der Waals surface area contributed by atoms with Crippen molar-refractivity contribution in [3.63, 3.8) is 0 Å². The molecule has 0 aromatic heterocycles. The van der Waals surface area contributed by atoms with Gasteiger partial charge in [0, 0.05) is 32.7 Å². The average Bonchev–Trinajstić information content (AvgIpc) is 2.68. The van der Waals surface area contributed by atoms with Crippen LogP contribution in [0.3, 0.4) is 0 Å². The van der Waals surface area contributed by atoms with Crippen LogP contribution in [0.25, 0.3) is 0 Å². The lowest BCUT2D eigenvalue weighted by atomic mass is 9.98. The predicted octanol–water partition coefficient (Wildman–Crippen LogP) is 0.987. The fourth-order valence-corrected chi connectivity index (χ4v) is 4.77. The van der Waals surface area contributed by atoms with E-state index in [4.69, 9.17) is 4.74 Å². The lowest BCUT2D eigenvalue weighted by Crippen LogP contribution is -2.48. The van der Waals surface area contributed by atoms with Gasteiger partial charge in [-0.2, -0.15) is 0 Å². The molecule has 1 aromatic carbocycles. The van der Waals surface area contributed by atoms with Gasteiger partial charge in [0.15, 0.2) is 0 Å². The van der Waals surface area contributed by atoms with E-state index in [1.54, 1.807) is 6.07 Å². The Morgan fingerprint density at radius 1 is 1.32 bits per heavy atom. The number of halogens is 1. The van der Waals surface area contributed by atoms with Crippen molar-refractivity contribution in [2.75, 3.05) is 52.2 Å². The van der Waals surface area contributed by atoms with Crippen LogP contribution in [0.15, 0.2) is 24.3 Å². The number of benzene rings is 1. The number of rotatable bonds is 6. The SMILES string of the molecule is CS(=O)(=O)N1CCCC(C(=O)NCC(c2cccc(F)c2)N2CCOCC2)C1. The third-order valence-corrected chi connectivity index (χ3v) is 6.68. The maximum absolute atomic E-state index is 13.7. The minimum Gasteiger partial charge on any atom is -0.379 e. The number of sulfonamides is 1. The Bertz CT molecular complexity index is 783. The Labute approximate surface area is 165 Å². The van der Waals surface area contributed by atoms with Crippen molar-refractivity contribution < 1.29 is 22.3 Å². The van der Waals surface area contributed by atoms with E-state index in [1.807, 2.05) is 6.07 Å². The second-order valence-electron chi connectivity index (χ2n) is 7.42. The third kappa shape index (κ3) is 5.50. The van der Waals surface area contributed by atoms with Gasteiger partial charge in [-0.15, -0.1) is 0 Å². The fourth-order valence-electron chi connectivity index (χ4n) is 3.86. The van der Waals surface area contributed by atoms with E-state index >= 15 is 0 Å². The number of ether oxygens (including phenoxy) is 1. The van der Waals surface area contributed by atoms with Crippen molar-refractivity contribution in [2.24, 2.45) is 5.92 Å². The number of carbonyl (C=O) groups excluding carboxylic acids is 1. The van der Waals surface area contributed by atoms with Crippen LogP contribution in [0, 0.1) is 11.7 Å². The molecule has 0 bridgehead atoms.